The second-order valence-electron chi connectivity index (χ2n) is 21.7. The molecule has 3 aliphatic carbocycles. The summed E-state index contributed by atoms with van der Waals surface area (Å²) in [5.74, 6) is 8.23. The molecule has 0 spiro atoms. The predicted octanol–water partition coefficient (Wildman–Crippen LogP) is 11.8. The standard InChI is InChI=1S/2C16H31N.C14H27N/c1-13(2)11-16(7-8-16)12-17-9-5-15(6-10-17)14(3)4;1-13(2)10-16(7-8-16)12-17-9-5-6-15(11-17)14(3)4;1-11(2)7-14(5-6-14)10-15-8-13(9-15)12(3)4/h2*13-15H,5-12H2,1-4H3;11-13H,5-10H2,1-4H3. The maximum Gasteiger partial charge on any atom is 0.00383 e. The molecular formula is C46H89N3. The van der Waals surface area contributed by atoms with Crippen molar-refractivity contribution in [2.45, 2.75) is 167 Å². The Kier molecular flexibility index (Phi) is 15.5. The molecule has 0 amide bonds. The quantitative estimate of drug-likeness (QED) is 0.170. The molecule has 3 nitrogen and oxygen atoms in total. The summed E-state index contributed by atoms with van der Waals surface area (Å²) in [6.45, 7) is 41.0. The highest BCUT2D eigenvalue weighted by atomic mass is 15.2. The fraction of sp³-hybridized carbons (Fsp3) is 1.00. The smallest absolute Gasteiger partial charge is 0.00383 e. The Morgan fingerprint density at radius 2 is 0.776 bits per heavy atom. The molecule has 1 unspecified atom stereocenters. The van der Waals surface area contributed by atoms with Gasteiger partial charge in [0.2, 0.25) is 0 Å². The molecule has 6 aliphatic rings. The van der Waals surface area contributed by atoms with E-state index in [0.29, 0.717) is 0 Å². The van der Waals surface area contributed by atoms with Crippen molar-refractivity contribution in [1.29, 1.82) is 0 Å². The molecule has 3 heteroatoms. The van der Waals surface area contributed by atoms with E-state index in [1.165, 1.54) is 142 Å². The first-order valence-electron chi connectivity index (χ1n) is 22.2. The number of nitrogens with zero attached hydrogens (tertiary/aromatic N) is 3. The van der Waals surface area contributed by atoms with Gasteiger partial charge in [-0.3, -0.25) is 0 Å². The minimum absolute atomic E-state index is 0.729. The average molecular weight is 684 g/mol. The molecule has 0 N–H and O–H groups in total. The Morgan fingerprint density at radius 1 is 0.408 bits per heavy atom. The summed E-state index contributed by atoms with van der Waals surface area (Å²) >= 11 is 0. The summed E-state index contributed by atoms with van der Waals surface area (Å²) in [6, 6.07) is 0. The van der Waals surface area contributed by atoms with Gasteiger partial charge < -0.3 is 14.7 Å². The maximum atomic E-state index is 2.78. The first kappa shape index (κ1) is 41.6. The molecule has 1 atom stereocenters. The normalized spacial score (nSPS) is 26.9. The highest BCUT2D eigenvalue weighted by Crippen LogP contribution is 2.53. The van der Waals surface area contributed by atoms with Gasteiger partial charge in [0.1, 0.15) is 0 Å². The van der Waals surface area contributed by atoms with Crippen LogP contribution in [-0.2, 0) is 0 Å². The molecule has 288 valence electrons. The molecule has 0 aromatic heterocycles. The van der Waals surface area contributed by atoms with Gasteiger partial charge in [0.15, 0.2) is 0 Å². The lowest BCUT2D eigenvalue weighted by atomic mass is 9.85. The van der Waals surface area contributed by atoms with Crippen molar-refractivity contribution in [2.75, 3.05) is 58.9 Å². The summed E-state index contributed by atoms with van der Waals surface area (Å²) in [5, 5.41) is 0. The molecule has 6 rings (SSSR count). The molecule has 0 aromatic carbocycles. The fourth-order valence-electron chi connectivity index (χ4n) is 10.5. The van der Waals surface area contributed by atoms with E-state index in [4.69, 9.17) is 0 Å². The van der Waals surface area contributed by atoms with Gasteiger partial charge in [0, 0.05) is 39.3 Å². The third-order valence-corrected chi connectivity index (χ3v) is 14.1. The molecule has 3 heterocycles. The average Bonchev–Trinajstić information content (AvgIpc) is 3.92. The summed E-state index contributed by atoms with van der Waals surface area (Å²) < 4.78 is 0. The van der Waals surface area contributed by atoms with Gasteiger partial charge in [-0.05, 0) is 173 Å². The van der Waals surface area contributed by atoms with Crippen molar-refractivity contribution in [3.63, 3.8) is 0 Å². The number of hydrogen-bond acceptors (Lipinski definition) is 3. The van der Waals surface area contributed by atoms with Crippen LogP contribution in [0.1, 0.15) is 167 Å². The molecule has 3 aliphatic heterocycles. The van der Waals surface area contributed by atoms with Gasteiger partial charge in [-0.15, -0.1) is 0 Å². The van der Waals surface area contributed by atoms with E-state index in [1.807, 2.05) is 0 Å². The van der Waals surface area contributed by atoms with Crippen molar-refractivity contribution in [3.05, 3.63) is 0 Å². The van der Waals surface area contributed by atoms with E-state index in [2.05, 4.69) is 97.8 Å². The van der Waals surface area contributed by atoms with Crippen LogP contribution in [0.3, 0.4) is 0 Å². The van der Waals surface area contributed by atoms with Gasteiger partial charge in [-0.25, -0.2) is 0 Å². The van der Waals surface area contributed by atoms with E-state index < -0.39 is 0 Å². The van der Waals surface area contributed by atoms with E-state index in [-0.39, 0.29) is 0 Å². The third kappa shape index (κ3) is 14.0. The Balaban J connectivity index is 0.000000166. The number of likely N-dealkylation sites (tertiary alicyclic amines) is 3. The van der Waals surface area contributed by atoms with Crippen LogP contribution in [0.25, 0.3) is 0 Å². The van der Waals surface area contributed by atoms with Crippen molar-refractivity contribution >= 4 is 0 Å². The van der Waals surface area contributed by atoms with Gasteiger partial charge in [-0.2, -0.15) is 0 Å². The van der Waals surface area contributed by atoms with Crippen LogP contribution in [0.15, 0.2) is 0 Å². The topological polar surface area (TPSA) is 9.72 Å². The zero-order valence-corrected chi connectivity index (χ0v) is 35.6. The first-order chi connectivity index (χ1) is 23.0. The minimum atomic E-state index is 0.729. The second-order valence-corrected chi connectivity index (χ2v) is 21.7. The molecule has 0 aromatic rings. The summed E-state index contributed by atoms with van der Waals surface area (Å²) in [7, 11) is 0. The van der Waals surface area contributed by atoms with Crippen LogP contribution in [0.2, 0.25) is 0 Å². The molecule has 3 saturated carbocycles. The van der Waals surface area contributed by atoms with Crippen LogP contribution in [0, 0.1) is 69.5 Å². The zero-order chi connectivity index (χ0) is 36.0. The molecule has 0 radical (unpaired) electrons. The molecule has 49 heavy (non-hydrogen) atoms. The van der Waals surface area contributed by atoms with Crippen molar-refractivity contribution in [1.82, 2.24) is 14.7 Å². The van der Waals surface area contributed by atoms with E-state index in [1.54, 1.807) is 0 Å². The molecular weight excluding hydrogens is 595 g/mol. The van der Waals surface area contributed by atoms with E-state index in [9.17, 15) is 0 Å². The number of piperidine rings is 2. The van der Waals surface area contributed by atoms with Gasteiger partial charge in [-0.1, -0.05) is 83.1 Å². The van der Waals surface area contributed by atoms with Crippen LogP contribution in [0.5, 0.6) is 0 Å². The first-order valence-corrected chi connectivity index (χ1v) is 22.2. The van der Waals surface area contributed by atoms with Crippen LogP contribution >= 0.6 is 0 Å². The SMILES string of the molecule is CC(C)CC1(CN2CC(C(C)C)C2)CC1.CC(C)CC1(CN2CCC(C(C)C)CC2)CC1.CC(C)CC1(CN2CCCC(C(C)C)C2)CC1. The highest BCUT2D eigenvalue weighted by molar-refractivity contribution is 4.99. The lowest BCUT2D eigenvalue weighted by Gasteiger charge is -2.43. The van der Waals surface area contributed by atoms with Gasteiger partial charge in [0.25, 0.3) is 0 Å². The maximum absolute atomic E-state index is 2.78. The minimum Gasteiger partial charge on any atom is -0.303 e. The lowest BCUT2D eigenvalue weighted by Crippen LogP contribution is -2.51. The fourth-order valence-corrected chi connectivity index (χ4v) is 10.5. The van der Waals surface area contributed by atoms with Crippen LogP contribution in [0.4, 0.5) is 0 Å². The Labute approximate surface area is 308 Å². The number of hydrogen-bond donors (Lipinski definition) is 0. The second kappa shape index (κ2) is 18.3. The van der Waals surface area contributed by atoms with Gasteiger partial charge >= 0.3 is 0 Å². The van der Waals surface area contributed by atoms with Gasteiger partial charge in [0.05, 0.1) is 0 Å². The van der Waals surface area contributed by atoms with E-state index in [0.717, 1.165) is 69.5 Å². The predicted molar refractivity (Wildman–Crippen MR) is 216 cm³/mol. The molecule has 0 bridgehead atoms. The largest absolute Gasteiger partial charge is 0.303 e. The Morgan fingerprint density at radius 3 is 1.14 bits per heavy atom. The molecule has 3 saturated heterocycles. The summed E-state index contributed by atoms with van der Waals surface area (Å²) in [4.78, 5) is 8.23. The van der Waals surface area contributed by atoms with Crippen molar-refractivity contribution in [3.8, 4) is 0 Å². The Hall–Kier alpha value is -0.120. The zero-order valence-electron chi connectivity index (χ0n) is 35.6. The van der Waals surface area contributed by atoms with Crippen molar-refractivity contribution in [2.24, 2.45) is 69.5 Å². The summed E-state index contributed by atoms with van der Waals surface area (Å²) in [6.07, 6.45) is 19.1. The monoisotopic (exact) mass is 684 g/mol. The molecule has 6 fully saturated rings. The third-order valence-electron chi connectivity index (χ3n) is 14.1. The lowest BCUT2D eigenvalue weighted by molar-refractivity contribution is 0.0449. The van der Waals surface area contributed by atoms with Crippen LogP contribution < -0.4 is 0 Å². The summed E-state index contributed by atoms with van der Waals surface area (Å²) in [5.41, 5.74) is 2.21. The Bertz CT molecular complexity index is 922. The van der Waals surface area contributed by atoms with Crippen LogP contribution in [-0.4, -0.2) is 73.6 Å². The van der Waals surface area contributed by atoms with E-state index >= 15 is 0 Å². The number of rotatable bonds is 15. The highest BCUT2D eigenvalue weighted by Gasteiger charge is 2.47. The van der Waals surface area contributed by atoms with Crippen molar-refractivity contribution < 1.29 is 0 Å².